The average Bonchev–Trinajstić information content (AvgIpc) is 2.21. The van der Waals surface area contributed by atoms with E-state index >= 15 is 0 Å². The Hall–Kier alpha value is -0.0800. The zero-order valence-corrected chi connectivity index (χ0v) is 5.60. The highest BCUT2D eigenvalue weighted by molar-refractivity contribution is 4.80. The Morgan fingerprint density at radius 1 is 1.33 bits per heavy atom. The molecule has 0 aromatic carbocycles. The van der Waals surface area contributed by atoms with Crippen LogP contribution in [0.2, 0.25) is 0 Å². The molecule has 3 aliphatic rings. The van der Waals surface area contributed by atoms with Crippen molar-refractivity contribution in [2.45, 2.75) is 31.4 Å². The molecule has 9 heavy (non-hydrogen) atoms. The molecule has 3 saturated heterocycles. The van der Waals surface area contributed by atoms with E-state index in [9.17, 15) is 0 Å². The van der Waals surface area contributed by atoms with Gasteiger partial charge in [0.25, 0.3) is 0 Å². The number of fused-ring (bicyclic) bond motifs is 4. The Morgan fingerprint density at radius 3 is 3.11 bits per heavy atom. The quantitative estimate of drug-likeness (QED) is 0.512. The highest BCUT2D eigenvalue weighted by Gasteiger charge is 2.24. The summed E-state index contributed by atoms with van der Waals surface area (Å²) in [6, 6.07) is 0.670. The van der Waals surface area contributed by atoms with Crippen LogP contribution in [-0.4, -0.2) is 25.3 Å². The predicted octanol–water partition coefficient (Wildman–Crippen LogP) is 0.527. The van der Waals surface area contributed by atoms with Crippen LogP contribution in [0.4, 0.5) is 0 Å². The molecule has 0 aromatic heterocycles. The topological polar surface area (TPSA) is 21.3 Å². The molecule has 0 saturated carbocycles. The number of ether oxygens (including phenoxy) is 1. The van der Waals surface area contributed by atoms with E-state index in [4.69, 9.17) is 4.74 Å². The van der Waals surface area contributed by atoms with Crippen molar-refractivity contribution in [1.29, 1.82) is 0 Å². The van der Waals surface area contributed by atoms with Crippen molar-refractivity contribution in [3.05, 3.63) is 0 Å². The lowest BCUT2D eigenvalue weighted by atomic mass is 10.1. The second kappa shape index (κ2) is 2.27. The monoisotopic (exact) mass is 127 g/mol. The van der Waals surface area contributed by atoms with Gasteiger partial charge in [-0.05, 0) is 19.3 Å². The van der Waals surface area contributed by atoms with E-state index in [0.29, 0.717) is 12.1 Å². The molecule has 52 valence electrons. The first-order valence-electron chi connectivity index (χ1n) is 3.80. The fourth-order valence-corrected chi connectivity index (χ4v) is 1.63. The summed E-state index contributed by atoms with van der Waals surface area (Å²) in [6.45, 7) is 2.04. The average molecular weight is 127 g/mol. The number of hydrogen-bond donors (Lipinski definition) is 1. The SMILES string of the molecule is C1C[C@H]2CO[C@@H](C1)CN2. The molecule has 3 aliphatic heterocycles. The van der Waals surface area contributed by atoms with Crippen molar-refractivity contribution >= 4 is 0 Å². The van der Waals surface area contributed by atoms with Gasteiger partial charge in [-0.3, -0.25) is 0 Å². The summed E-state index contributed by atoms with van der Waals surface area (Å²) in [5, 5.41) is 3.46. The summed E-state index contributed by atoms with van der Waals surface area (Å²) in [5.41, 5.74) is 0. The maximum absolute atomic E-state index is 5.54. The van der Waals surface area contributed by atoms with Crippen LogP contribution >= 0.6 is 0 Å². The van der Waals surface area contributed by atoms with Gasteiger partial charge in [0.05, 0.1) is 12.7 Å². The standard InChI is InChI=1S/C7H13NO/c1-2-6-5-9-7(3-1)4-8-6/h6-8H,1-5H2/t6-,7-/m0/s1. The number of nitrogens with one attached hydrogen (secondary N) is 1. The lowest BCUT2D eigenvalue weighted by Crippen LogP contribution is -2.43. The van der Waals surface area contributed by atoms with Crippen molar-refractivity contribution < 1.29 is 4.74 Å². The van der Waals surface area contributed by atoms with E-state index in [1.807, 2.05) is 0 Å². The van der Waals surface area contributed by atoms with Crippen LogP contribution in [0.5, 0.6) is 0 Å². The van der Waals surface area contributed by atoms with E-state index in [1.54, 1.807) is 0 Å². The lowest BCUT2D eigenvalue weighted by Gasteiger charge is -2.25. The van der Waals surface area contributed by atoms with Crippen molar-refractivity contribution in [3.63, 3.8) is 0 Å². The Kier molecular flexibility index (Phi) is 1.44. The van der Waals surface area contributed by atoms with E-state index in [1.165, 1.54) is 19.3 Å². The highest BCUT2D eigenvalue weighted by atomic mass is 16.5. The summed E-state index contributed by atoms with van der Waals surface area (Å²) >= 11 is 0. The highest BCUT2D eigenvalue weighted by Crippen LogP contribution is 2.17. The van der Waals surface area contributed by atoms with Gasteiger partial charge in [-0.15, -0.1) is 0 Å². The van der Waals surface area contributed by atoms with E-state index < -0.39 is 0 Å². The van der Waals surface area contributed by atoms with Gasteiger partial charge in [-0.1, -0.05) is 0 Å². The van der Waals surface area contributed by atoms with Gasteiger partial charge in [0.15, 0.2) is 0 Å². The zero-order valence-electron chi connectivity index (χ0n) is 5.60. The van der Waals surface area contributed by atoms with Crippen LogP contribution in [0.1, 0.15) is 19.3 Å². The predicted molar refractivity (Wildman–Crippen MR) is 35.4 cm³/mol. The van der Waals surface area contributed by atoms with Crippen molar-refractivity contribution in [1.82, 2.24) is 5.32 Å². The molecular weight excluding hydrogens is 114 g/mol. The number of hydrogen-bond acceptors (Lipinski definition) is 2. The minimum absolute atomic E-state index is 0.531. The van der Waals surface area contributed by atoms with Crippen LogP contribution < -0.4 is 5.32 Å². The van der Waals surface area contributed by atoms with Gasteiger partial charge in [-0.25, -0.2) is 0 Å². The van der Waals surface area contributed by atoms with Gasteiger partial charge in [0.2, 0.25) is 0 Å². The maximum Gasteiger partial charge on any atom is 0.0700 e. The molecule has 0 aliphatic carbocycles. The molecule has 0 amide bonds. The van der Waals surface area contributed by atoms with Gasteiger partial charge in [-0.2, -0.15) is 0 Å². The Labute approximate surface area is 55.6 Å². The third-order valence-corrected chi connectivity index (χ3v) is 2.25. The third-order valence-electron chi connectivity index (χ3n) is 2.25. The lowest BCUT2D eigenvalue weighted by molar-refractivity contribution is 0.0168. The largest absolute Gasteiger partial charge is 0.375 e. The second-order valence-corrected chi connectivity index (χ2v) is 2.99. The fraction of sp³-hybridized carbons (Fsp3) is 1.00. The van der Waals surface area contributed by atoms with E-state index in [0.717, 1.165) is 13.2 Å². The van der Waals surface area contributed by atoms with Crippen LogP contribution in [-0.2, 0) is 4.74 Å². The molecule has 0 spiro atoms. The first-order chi connectivity index (χ1) is 4.45. The summed E-state index contributed by atoms with van der Waals surface area (Å²) < 4.78 is 5.54. The molecule has 0 aromatic rings. The third kappa shape index (κ3) is 1.10. The van der Waals surface area contributed by atoms with E-state index in [2.05, 4.69) is 5.32 Å². The summed E-state index contributed by atoms with van der Waals surface area (Å²) in [6.07, 6.45) is 4.46. The van der Waals surface area contributed by atoms with Crippen LogP contribution in [0.25, 0.3) is 0 Å². The maximum atomic E-state index is 5.54. The second-order valence-electron chi connectivity index (χ2n) is 2.99. The molecule has 3 heterocycles. The molecule has 0 radical (unpaired) electrons. The van der Waals surface area contributed by atoms with Gasteiger partial charge in [0.1, 0.15) is 0 Å². The van der Waals surface area contributed by atoms with Crippen LogP contribution in [0.3, 0.4) is 0 Å². The molecule has 2 bridgehead atoms. The molecule has 1 N–H and O–H groups in total. The van der Waals surface area contributed by atoms with Gasteiger partial charge < -0.3 is 10.1 Å². The summed E-state index contributed by atoms with van der Waals surface area (Å²) in [7, 11) is 0. The molecule has 2 nitrogen and oxygen atoms in total. The molecule has 3 rings (SSSR count). The molecular formula is C7H13NO. The zero-order chi connectivity index (χ0) is 6.10. The Bertz CT molecular complexity index is 79.6. The van der Waals surface area contributed by atoms with Gasteiger partial charge >= 0.3 is 0 Å². The molecule has 2 atom stereocenters. The Balaban J connectivity index is 2.03. The molecule has 2 heteroatoms. The van der Waals surface area contributed by atoms with Crippen LogP contribution in [0.15, 0.2) is 0 Å². The number of morpholine rings is 1. The first kappa shape index (κ1) is 5.69. The van der Waals surface area contributed by atoms with Crippen molar-refractivity contribution in [2.75, 3.05) is 13.2 Å². The minimum Gasteiger partial charge on any atom is -0.375 e. The fourth-order valence-electron chi connectivity index (χ4n) is 1.63. The first-order valence-corrected chi connectivity index (χ1v) is 3.80. The van der Waals surface area contributed by atoms with Crippen molar-refractivity contribution in [2.24, 2.45) is 0 Å². The molecule has 0 unspecified atom stereocenters. The molecule has 3 fully saturated rings. The van der Waals surface area contributed by atoms with E-state index in [-0.39, 0.29) is 0 Å². The minimum atomic E-state index is 0.531. The summed E-state index contributed by atoms with van der Waals surface area (Å²) in [5.74, 6) is 0. The van der Waals surface area contributed by atoms with Crippen LogP contribution in [0, 0.1) is 0 Å². The van der Waals surface area contributed by atoms with Crippen molar-refractivity contribution in [3.8, 4) is 0 Å². The number of rotatable bonds is 0. The van der Waals surface area contributed by atoms with Gasteiger partial charge in [0, 0.05) is 12.6 Å². The smallest absolute Gasteiger partial charge is 0.0700 e. The Morgan fingerprint density at radius 2 is 2.33 bits per heavy atom. The normalized spacial score (nSPS) is 42.7. The summed E-state index contributed by atoms with van der Waals surface area (Å²) in [4.78, 5) is 0.